The Balaban J connectivity index is 2.07. The van der Waals surface area contributed by atoms with Crippen LogP contribution in [0.5, 0.6) is 0 Å². The Morgan fingerprint density at radius 1 is 1.29 bits per heavy atom. The van der Waals surface area contributed by atoms with Crippen molar-refractivity contribution in [1.29, 1.82) is 0 Å². The zero-order chi connectivity index (χ0) is 10.2. The van der Waals surface area contributed by atoms with Crippen molar-refractivity contribution < 1.29 is 0 Å². The maximum Gasteiger partial charge on any atom is -0.0196 e. The van der Waals surface area contributed by atoms with Gasteiger partial charge in [0, 0.05) is 0 Å². The van der Waals surface area contributed by atoms with Crippen LogP contribution < -0.4 is 0 Å². The van der Waals surface area contributed by atoms with Gasteiger partial charge in [0.15, 0.2) is 0 Å². The van der Waals surface area contributed by atoms with Crippen molar-refractivity contribution in [3.8, 4) is 0 Å². The fraction of sp³-hybridized carbons (Fsp3) is 0.714. The van der Waals surface area contributed by atoms with Gasteiger partial charge in [-0.05, 0) is 24.7 Å². The smallest absolute Gasteiger partial charge is 0.0196 e. The SMILES string of the molecule is CCCCC(C)CCC1C=CC=CC1. The molecule has 0 saturated carbocycles. The van der Waals surface area contributed by atoms with E-state index in [9.17, 15) is 0 Å². The molecule has 0 heterocycles. The summed E-state index contributed by atoms with van der Waals surface area (Å²) < 4.78 is 0. The van der Waals surface area contributed by atoms with Gasteiger partial charge < -0.3 is 0 Å². The monoisotopic (exact) mass is 192 g/mol. The summed E-state index contributed by atoms with van der Waals surface area (Å²) in [5.74, 6) is 1.75. The molecule has 0 aromatic heterocycles. The van der Waals surface area contributed by atoms with Gasteiger partial charge in [-0.2, -0.15) is 0 Å². The Hall–Kier alpha value is -0.520. The van der Waals surface area contributed by atoms with Crippen LogP contribution in [-0.4, -0.2) is 0 Å². The molecule has 1 aliphatic carbocycles. The van der Waals surface area contributed by atoms with Gasteiger partial charge in [0.05, 0.1) is 0 Å². The highest BCUT2D eigenvalue weighted by Crippen LogP contribution is 2.22. The van der Waals surface area contributed by atoms with Gasteiger partial charge in [-0.1, -0.05) is 63.8 Å². The molecule has 0 aromatic carbocycles. The number of rotatable bonds is 6. The largest absolute Gasteiger partial charge is 0.0840 e. The summed E-state index contributed by atoms with van der Waals surface area (Å²) in [6.45, 7) is 4.68. The summed E-state index contributed by atoms with van der Waals surface area (Å²) in [4.78, 5) is 0. The van der Waals surface area contributed by atoms with E-state index in [0.717, 1.165) is 11.8 Å². The summed E-state index contributed by atoms with van der Waals surface area (Å²) in [7, 11) is 0. The van der Waals surface area contributed by atoms with Crippen LogP contribution in [0, 0.1) is 11.8 Å². The zero-order valence-electron chi connectivity index (χ0n) is 9.71. The van der Waals surface area contributed by atoms with Crippen LogP contribution in [0.2, 0.25) is 0 Å². The predicted molar refractivity (Wildman–Crippen MR) is 64.3 cm³/mol. The number of allylic oxidation sites excluding steroid dienone is 4. The molecule has 2 atom stereocenters. The van der Waals surface area contributed by atoms with Crippen LogP contribution >= 0.6 is 0 Å². The summed E-state index contributed by atoms with van der Waals surface area (Å²) in [5.41, 5.74) is 0. The highest BCUT2D eigenvalue weighted by Gasteiger charge is 2.08. The number of hydrogen-bond acceptors (Lipinski definition) is 0. The topological polar surface area (TPSA) is 0 Å². The first kappa shape index (κ1) is 11.6. The molecular formula is C14H24. The standard InChI is InChI=1S/C14H24/c1-3-4-8-13(2)11-12-14-9-6-5-7-10-14/h5-7,9,13-14H,3-4,8,10-12H2,1-2H3. The van der Waals surface area contributed by atoms with E-state index in [1.807, 2.05) is 0 Å². The van der Waals surface area contributed by atoms with Gasteiger partial charge >= 0.3 is 0 Å². The van der Waals surface area contributed by atoms with Crippen LogP contribution in [0.15, 0.2) is 24.3 Å². The van der Waals surface area contributed by atoms with Crippen molar-refractivity contribution >= 4 is 0 Å². The molecule has 0 aromatic rings. The minimum absolute atomic E-state index is 0.823. The molecule has 0 heteroatoms. The summed E-state index contributed by atoms with van der Waals surface area (Å²) in [6.07, 6.45) is 17.2. The summed E-state index contributed by atoms with van der Waals surface area (Å²) >= 11 is 0. The molecule has 0 N–H and O–H groups in total. The molecule has 0 saturated heterocycles. The Labute approximate surface area is 89.1 Å². The van der Waals surface area contributed by atoms with E-state index >= 15 is 0 Å². The minimum atomic E-state index is 0.823. The first-order valence-corrected chi connectivity index (χ1v) is 6.16. The molecule has 80 valence electrons. The Kier molecular flexibility index (Phi) is 5.66. The van der Waals surface area contributed by atoms with Crippen LogP contribution in [0.1, 0.15) is 52.4 Å². The highest BCUT2D eigenvalue weighted by molar-refractivity contribution is 5.10. The lowest BCUT2D eigenvalue weighted by Crippen LogP contribution is -2.02. The van der Waals surface area contributed by atoms with E-state index in [0.29, 0.717) is 0 Å². The lowest BCUT2D eigenvalue weighted by Gasteiger charge is -2.16. The van der Waals surface area contributed by atoms with E-state index in [1.54, 1.807) is 0 Å². The normalized spacial score (nSPS) is 22.6. The Bertz CT molecular complexity index is 188. The van der Waals surface area contributed by atoms with Crippen molar-refractivity contribution in [2.45, 2.75) is 52.4 Å². The molecule has 14 heavy (non-hydrogen) atoms. The fourth-order valence-corrected chi connectivity index (χ4v) is 2.04. The van der Waals surface area contributed by atoms with Gasteiger partial charge in [-0.3, -0.25) is 0 Å². The fourth-order valence-electron chi connectivity index (χ4n) is 2.04. The first-order chi connectivity index (χ1) is 6.83. The van der Waals surface area contributed by atoms with Crippen molar-refractivity contribution in [3.63, 3.8) is 0 Å². The second-order valence-corrected chi connectivity index (χ2v) is 4.63. The van der Waals surface area contributed by atoms with Crippen LogP contribution in [-0.2, 0) is 0 Å². The molecular weight excluding hydrogens is 168 g/mol. The van der Waals surface area contributed by atoms with Crippen LogP contribution in [0.25, 0.3) is 0 Å². The van der Waals surface area contributed by atoms with Crippen molar-refractivity contribution in [2.75, 3.05) is 0 Å². The van der Waals surface area contributed by atoms with E-state index in [-0.39, 0.29) is 0 Å². The molecule has 2 unspecified atom stereocenters. The maximum absolute atomic E-state index is 2.40. The highest BCUT2D eigenvalue weighted by atomic mass is 14.1. The maximum atomic E-state index is 2.40. The second kappa shape index (κ2) is 6.86. The van der Waals surface area contributed by atoms with Gasteiger partial charge in [0.1, 0.15) is 0 Å². The average molecular weight is 192 g/mol. The van der Waals surface area contributed by atoms with E-state index < -0.39 is 0 Å². The quantitative estimate of drug-likeness (QED) is 0.571. The number of unbranched alkanes of at least 4 members (excludes halogenated alkanes) is 1. The van der Waals surface area contributed by atoms with E-state index in [1.165, 1.54) is 38.5 Å². The molecule has 1 rings (SSSR count). The van der Waals surface area contributed by atoms with Gasteiger partial charge in [0.25, 0.3) is 0 Å². The van der Waals surface area contributed by atoms with E-state index in [4.69, 9.17) is 0 Å². The minimum Gasteiger partial charge on any atom is -0.0840 e. The molecule has 0 amide bonds. The average Bonchev–Trinajstić information content (AvgIpc) is 2.25. The number of hydrogen-bond donors (Lipinski definition) is 0. The predicted octanol–water partition coefficient (Wildman–Crippen LogP) is 4.73. The van der Waals surface area contributed by atoms with Crippen LogP contribution in [0.3, 0.4) is 0 Å². The first-order valence-electron chi connectivity index (χ1n) is 6.16. The molecule has 0 bridgehead atoms. The molecule has 0 aliphatic heterocycles. The third kappa shape index (κ3) is 4.64. The second-order valence-electron chi connectivity index (χ2n) is 4.63. The summed E-state index contributed by atoms with van der Waals surface area (Å²) in [5, 5.41) is 0. The molecule has 0 radical (unpaired) electrons. The molecule has 0 fully saturated rings. The van der Waals surface area contributed by atoms with Crippen molar-refractivity contribution in [2.24, 2.45) is 11.8 Å². The van der Waals surface area contributed by atoms with Gasteiger partial charge in [-0.25, -0.2) is 0 Å². The molecule has 1 aliphatic rings. The Morgan fingerprint density at radius 2 is 2.14 bits per heavy atom. The van der Waals surface area contributed by atoms with Crippen molar-refractivity contribution in [3.05, 3.63) is 24.3 Å². The van der Waals surface area contributed by atoms with Gasteiger partial charge in [-0.15, -0.1) is 0 Å². The van der Waals surface area contributed by atoms with Crippen molar-refractivity contribution in [1.82, 2.24) is 0 Å². The summed E-state index contributed by atoms with van der Waals surface area (Å²) in [6, 6.07) is 0. The lowest BCUT2D eigenvalue weighted by molar-refractivity contribution is 0.421. The third-order valence-electron chi connectivity index (χ3n) is 3.15. The van der Waals surface area contributed by atoms with Crippen LogP contribution in [0.4, 0.5) is 0 Å². The van der Waals surface area contributed by atoms with E-state index in [2.05, 4.69) is 38.2 Å². The lowest BCUT2D eigenvalue weighted by atomic mass is 9.90. The zero-order valence-corrected chi connectivity index (χ0v) is 9.71. The Morgan fingerprint density at radius 3 is 2.79 bits per heavy atom. The third-order valence-corrected chi connectivity index (χ3v) is 3.15. The van der Waals surface area contributed by atoms with Gasteiger partial charge in [0.2, 0.25) is 0 Å². The molecule has 0 nitrogen and oxygen atoms in total. The molecule has 0 spiro atoms.